The van der Waals surface area contributed by atoms with Crippen LogP contribution in [0.4, 0.5) is 0 Å². The molecule has 0 saturated carbocycles. The number of rotatable bonds is 2. The zero-order chi connectivity index (χ0) is 7.56. The lowest BCUT2D eigenvalue weighted by molar-refractivity contribution is 0.745. The van der Waals surface area contributed by atoms with Crippen molar-refractivity contribution >= 4 is 27.3 Å². The molecule has 0 nitrogen and oxygen atoms in total. The van der Waals surface area contributed by atoms with Gasteiger partial charge in [-0.05, 0) is 39.7 Å². The summed E-state index contributed by atoms with van der Waals surface area (Å²) in [6, 6.07) is 2.12. The molecule has 1 rings (SSSR count). The highest BCUT2D eigenvalue weighted by Crippen LogP contribution is 2.31. The number of hydrogen-bond acceptors (Lipinski definition) is 1. The van der Waals surface area contributed by atoms with E-state index in [1.165, 1.54) is 15.8 Å². The molecule has 0 radical (unpaired) electrons. The third kappa shape index (κ3) is 1.61. The Bertz CT molecular complexity index is 205. The van der Waals surface area contributed by atoms with Gasteiger partial charge in [-0.2, -0.15) is 0 Å². The molecule has 1 heterocycles. The SMILES string of the molecule is CCC(C)c1sccc1Br. The van der Waals surface area contributed by atoms with Gasteiger partial charge >= 0.3 is 0 Å². The van der Waals surface area contributed by atoms with E-state index in [2.05, 4.69) is 41.2 Å². The quantitative estimate of drug-likeness (QED) is 0.704. The molecule has 0 spiro atoms. The van der Waals surface area contributed by atoms with Gasteiger partial charge in [0.15, 0.2) is 0 Å². The second kappa shape index (κ2) is 3.54. The Kier molecular flexibility index (Phi) is 2.93. The zero-order valence-corrected chi connectivity index (χ0v) is 8.63. The van der Waals surface area contributed by atoms with E-state index in [1.54, 1.807) is 0 Å². The normalized spacial score (nSPS) is 13.5. The largest absolute Gasteiger partial charge is 0.147 e. The van der Waals surface area contributed by atoms with Crippen LogP contribution in [0.15, 0.2) is 15.9 Å². The van der Waals surface area contributed by atoms with E-state index in [-0.39, 0.29) is 0 Å². The molecular formula is C8H11BrS. The van der Waals surface area contributed by atoms with Gasteiger partial charge in [0, 0.05) is 9.35 Å². The van der Waals surface area contributed by atoms with Gasteiger partial charge in [0.25, 0.3) is 0 Å². The predicted molar refractivity (Wildman–Crippen MR) is 50.7 cm³/mol. The molecule has 1 aromatic heterocycles. The first-order valence-corrected chi connectivity index (χ1v) is 5.15. The van der Waals surface area contributed by atoms with Crippen molar-refractivity contribution in [3.63, 3.8) is 0 Å². The standard InChI is InChI=1S/C8H11BrS/c1-3-6(2)8-7(9)4-5-10-8/h4-6H,3H2,1-2H3. The van der Waals surface area contributed by atoms with E-state index in [4.69, 9.17) is 0 Å². The Balaban J connectivity index is 2.82. The Morgan fingerprint density at radius 3 is 2.80 bits per heavy atom. The lowest BCUT2D eigenvalue weighted by Crippen LogP contribution is -1.86. The van der Waals surface area contributed by atoms with Crippen molar-refractivity contribution in [2.75, 3.05) is 0 Å². The summed E-state index contributed by atoms with van der Waals surface area (Å²) in [5, 5.41) is 2.13. The number of thiophene rings is 1. The molecule has 1 aromatic rings. The zero-order valence-electron chi connectivity index (χ0n) is 6.23. The second-order valence-corrected chi connectivity index (χ2v) is 4.24. The van der Waals surface area contributed by atoms with Crippen LogP contribution >= 0.6 is 27.3 Å². The molecule has 0 aliphatic carbocycles. The van der Waals surface area contributed by atoms with Crippen molar-refractivity contribution in [1.29, 1.82) is 0 Å². The summed E-state index contributed by atoms with van der Waals surface area (Å²) in [6.45, 7) is 4.48. The summed E-state index contributed by atoms with van der Waals surface area (Å²) in [4.78, 5) is 1.47. The van der Waals surface area contributed by atoms with E-state index >= 15 is 0 Å². The van der Waals surface area contributed by atoms with E-state index in [1.807, 2.05) is 11.3 Å². The molecule has 0 saturated heterocycles. The Morgan fingerprint density at radius 1 is 1.70 bits per heavy atom. The minimum atomic E-state index is 0.703. The molecule has 0 aliphatic rings. The first-order chi connectivity index (χ1) is 4.75. The van der Waals surface area contributed by atoms with E-state index in [9.17, 15) is 0 Å². The third-order valence-corrected chi connectivity index (χ3v) is 3.81. The monoisotopic (exact) mass is 218 g/mol. The molecule has 0 aromatic carbocycles. The maximum atomic E-state index is 3.52. The Morgan fingerprint density at radius 2 is 2.40 bits per heavy atom. The smallest absolute Gasteiger partial charge is 0.0317 e. The van der Waals surface area contributed by atoms with Crippen molar-refractivity contribution < 1.29 is 0 Å². The molecule has 0 aliphatic heterocycles. The summed E-state index contributed by atoms with van der Waals surface area (Å²) in [5.74, 6) is 0.703. The van der Waals surface area contributed by atoms with Crippen LogP contribution in [0.3, 0.4) is 0 Å². The first kappa shape index (κ1) is 8.28. The van der Waals surface area contributed by atoms with Gasteiger partial charge in [-0.3, -0.25) is 0 Å². The fourth-order valence-corrected chi connectivity index (χ4v) is 2.75. The van der Waals surface area contributed by atoms with Crippen molar-refractivity contribution in [2.45, 2.75) is 26.2 Å². The highest BCUT2D eigenvalue weighted by molar-refractivity contribution is 9.10. The van der Waals surface area contributed by atoms with Crippen LogP contribution in [-0.2, 0) is 0 Å². The summed E-state index contributed by atoms with van der Waals surface area (Å²) < 4.78 is 1.27. The van der Waals surface area contributed by atoms with Crippen molar-refractivity contribution in [3.05, 3.63) is 20.8 Å². The summed E-state index contributed by atoms with van der Waals surface area (Å²) in [7, 11) is 0. The Labute approximate surface area is 74.4 Å². The van der Waals surface area contributed by atoms with Crippen molar-refractivity contribution in [1.82, 2.24) is 0 Å². The van der Waals surface area contributed by atoms with E-state index in [0.29, 0.717) is 5.92 Å². The second-order valence-electron chi connectivity index (χ2n) is 2.44. The van der Waals surface area contributed by atoms with Crippen LogP contribution in [0.1, 0.15) is 31.1 Å². The van der Waals surface area contributed by atoms with Gasteiger partial charge in [-0.1, -0.05) is 13.8 Å². The molecule has 0 fully saturated rings. The summed E-state index contributed by atoms with van der Waals surface area (Å²) >= 11 is 5.35. The van der Waals surface area contributed by atoms with Gasteiger partial charge in [0.05, 0.1) is 0 Å². The molecule has 0 bridgehead atoms. The maximum absolute atomic E-state index is 3.52. The van der Waals surface area contributed by atoms with Gasteiger partial charge in [0.2, 0.25) is 0 Å². The van der Waals surface area contributed by atoms with Gasteiger partial charge in [-0.15, -0.1) is 11.3 Å². The van der Waals surface area contributed by atoms with Gasteiger partial charge < -0.3 is 0 Å². The molecular weight excluding hydrogens is 208 g/mol. The number of hydrogen-bond donors (Lipinski definition) is 0. The molecule has 56 valence electrons. The van der Waals surface area contributed by atoms with E-state index in [0.717, 1.165) is 0 Å². The van der Waals surface area contributed by atoms with E-state index < -0.39 is 0 Å². The summed E-state index contributed by atoms with van der Waals surface area (Å²) in [6.07, 6.45) is 1.22. The van der Waals surface area contributed by atoms with Crippen LogP contribution in [0.5, 0.6) is 0 Å². The fourth-order valence-electron chi connectivity index (χ4n) is 0.842. The average Bonchev–Trinajstić information content (AvgIpc) is 2.34. The first-order valence-electron chi connectivity index (χ1n) is 3.48. The lowest BCUT2D eigenvalue weighted by Gasteiger charge is -2.04. The van der Waals surface area contributed by atoms with Gasteiger partial charge in [-0.25, -0.2) is 0 Å². The highest BCUT2D eigenvalue weighted by atomic mass is 79.9. The predicted octanol–water partition coefficient (Wildman–Crippen LogP) is 4.02. The minimum Gasteiger partial charge on any atom is -0.147 e. The maximum Gasteiger partial charge on any atom is 0.0317 e. The van der Waals surface area contributed by atoms with Crippen LogP contribution in [0.2, 0.25) is 0 Å². The molecule has 2 heteroatoms. The molecule has 1 atom stereocenters. The van der Waals surface area contributed by atoms with Crippen LogP contribution in [0, 0.1) is 0 Å². The van der Waals surface area contributed by atoms with Crippen LogP contribution in [0.25, 0.3) is 0 Å². The van der Waals surface area contributed by atoms with Gasteiger partial charge in [0.1, 0.15) is 0 Å². The fraction of sp³-hybridized carbons (Fsp3) is 0.500. The third-order valence-electron chi connectivity index (χ3n) is 1.70. The molecule has 1 unspecified atom stereocenters. The molecule has 10 heavy (non-hydrogen) atoms. The average molecular weight is 219 g/mol. The Hall–Kier alpha value is 0.180. The minimum absolute atomic E-state index is 0.703. The number of halogens is 1. The topological polar surface area (TPSA) is 0 Å². The lowest BCUT2D eigenvalue weighted by atomic mass is 10.1. The van der Waals surface area contributed by atoms with Crippen LogP contribution < -0.4 is 0 Å². The highest BCUT2D eigenvalue weighted by Gasteiger charge is 2.07. The van der Waals surface area contributed by atoms with Crippen molar-refractivity contribution in [3.8, 4) is 0 Å². The van der Waals surface area contributed by atoms with Crippen LogP contribution in [-0.4, -0.2) is 0 Å². The molecule has 0 N–H and O–H groups in total. The molecule has 0 amide bonds. The van der Waals surface area contributed by atoms with Crippen molar-refractivity contribution in [2.24, 2.45) is 0 Å². The summed E-state index contributed by atoms with van der Waals surface area (Å²) in [5.41, 5.74) is 0.